The van der Waals surface area contributed by atoms with Gasteiger partial charge in [-0.15, -0.1) is 0 Å². The zero-order valence-corrected chi connectivity index (χ0v) is 22.2. The largest absolute Gasteiger partial charge is 0.405 e. The third kappa shape index (κ3) is 7.13. The first kappa shape index (κ1) is 29.2. The fourth-order valence-corrected chi connectivity index (χ4v) is 6.02. The van der Waals surface area contributed by atoms with Crippen LogP contribution in [0.3, 0.4) is 0 Å². The molecule has 2 aromatic carbocycles. The van der Waals surface area contributed by atoms with Gasteiger partial charge in [0.05, 0.1) is 19.4 Å². The predicted molar refractivity (Wildman–Crippen MR) is 140 cm³/mol. The molecule has 202 valence electrons. The summed E-state index contributed by atoms with van der Waals surface area (Å²) in [7, 11) is -3.39. The molecule has 0 spiro atoms. The topological polar surface area (TPSA) is 64.6 Å². The van der Waals surface area contributed by atoms with Crippen LogP contribution >= 0.6 is 7.60 Å². The molecule has 0 fully saturated rings. The average molecular weight is 538 g/mol. The minimum absolute atomic E-state index is 0.0178. The minimum Gasteiger partial charge on any atom is -0.346 e. The summed E-state index contributed by atoms with van der Waals surface area (Å²) in [6, 6.07) is 14.5. The van der Waals surface area contributed by atoms with Gasteiger partial charge in [0.15, 0.2) is 0 Å². The molecule has 1 amide bonds. The molecule has 0 saturated heterocycles. The number of unbranched alkanes of at least 4 members (excludes halogenated alkanes) is 2. The fourth-order valence-electron chi connectivity index (χ4n) is 4.52. The predicted octanol–water partition coefficient (Wildman–Crippen LogP) is 7.40. The van der Waals surface area contributed by atoms with E-state index in [9.17, 15) is 22.5 Å². The normalized spacial score (nSPS) is 14.5. The summed E-state index contributed by atoms with van der Waals surface area (Å²) in [4.78, 5) is 13.5. The fraction of sp³-hybridized carbons (Fsp3) is 0.464. The van der Waals surface area contributed by atoms with Crippen molar-refractivity contribution in [3.05, 3.63) is 71.8 Å². The molecular formula is C28H35F3NO4P. The number of allylic oxidation sites excluding steroid dienone is 2. The van der Waals surface area contributed by atoms with E-state index in [1.165, 1.54) is 0 Å². The Labute approximate surface area is 217 Å². The molecule has 5 nitrogen and oxygen atoms in total. The Kier molecular flexibility index (Phi) is 10.2. The van der Waals surface area contributed by atoms with Gasteiger partial charge in [-0.3, -0.25) is 9.36 Å². The molecule has 0 unspecified atom stereocenters. The van der Waals surface area contributed by atoms with Gasteiger partial charge in [0.2, 0.25) is 5.91 Å². The summed E-state index contributed by atoms with van der Waals surface area (Å²) >= 11 is 0. The Balaban J connectivity index is 1.91. The lowest BCUT2D eigenvalue weighted by molar-refractivity contribution is -0.140. The van der Waals surface area contributed by atoms with Crippen LogP contribution in [0.25, 0.3) is 11.1 Å². The van der Waals surface area contributed by atoms with Crippen molar-refractivity contribution in [3.63, 3.8) is 0 Å². The average Bonchev–Trinajstić information content (AvgIpc) is 3.16. The van der Waals surface area contributed by atoms with Gasteiger partial charge in [0.25, 0.3) is 0 Å². The van der Waals surface area contributed by atoms with E-state index < -0.39 is 31.6 Å². The number of halogens is 3. The highest BCUT2D eigenvalue weighted by Crippen LogP contribution is 2.52. The van der Waals surface area contributed by atoms with Crippen LogP contribution in [0.15, 0.2) is 60.7 Å². The molecule has 0 saturated carbocycles. The van der Waals surface area contributed by atoms with Gasteiger partial charge in [-0.05, 0) is 41.5 Å². The van der Waals surface area contributed by atoms with Gasteiger partial charge in [-0.25, -0.2) is 0 Å². The first-order chi connectivity index (χ1) is 17.7. The molecule has 0 atom stereocenters. The minimum atomic E-state index is -4.54. The van der Waals surface area contributed by atoms with E-state index in [-0.39, 0.29) is 12.6 Å². The van der Waals surface area contributed by atoms with Crippen LogP contribution < -0.4 is 5.32 Å². The maximum absolute atomic E-state index is 13.5. The van der Waals surface area contributed by atoms with E-state index >= 15 is 0 Å². The van der Waals surface area contributed by atoms with Crippen molar-refractivity contribution in [2.45, 2.75) is 57.5 Å². The third-order valence-electron chi connectivity index (χ3n) is 6.39. The third-order valence-corrected chi connectivity index (χ3v) is 8.20. The number of rotatable bonds is 14. The van der Waals surface area contributed by atoms with E-state index in [1.54, 1.807) is 36.4 Å². The highest BCUT2D eigenvalue weighted by molar-refractivity contribution is 7.54. The molecule has 3 rings (SSSR count). The van der Waals surface area contributed by atoms with Crippen LogP contribution in [0.4, 0.5) is 13.2 Å². The summed E-state index contributed by atoms with van der Waals surface area (Å²) in [6.45, 7) is 3.23. The van der Waals surface area contributed by atoms with Crippen molar-refractivity contribution in [3.8, 4) is 11.1 Å². The molecule has 2 aromatic rings. The lowest BCUT2D eigenvalue weighted by Gasteiger charge is -2.30. The van der Waals surface area contributed by atoms with Gasteiger partial charge in [-0.1, -0.05) is 87.4 Å². The number of benzene rings is 2. The maximum Gasteiger partial charge on any atom is 0.405 e. The van der Waals surface area contributed by atoms with E-state index in [4.69, 9.17) is 9.05 Å². The molecule has 1 aliphatic rings. The first-order valence-electron chi connectivity index (χ1n) is 12.7. The standard InChI is InChI=1S/C28H35F3NO4P/c1-3-5-18-35-37(34,36-19-6-4-2)20-12-11-17-27(26(33)32-21-28(29,30)31)24-15-9-7-13-22(24)23-14-8-10-16-25(23)27/h7-16H,3-6,17-21H2,1-2H3,(H,32,33). The summed E-state index contributed by atoms with van der Waals surface area (Å²) in [5.41, 5.74) is 1.55. The van der Waals surface area contributed by atoms with Crippen LogP contribution in [0.5, 0.6) is 0 Å². The van der Waals surface area contributed by atoms with Crippen molar-refractivity contribution in [1.29, 1.82) is 0 Å². The Morgan fingerprint density at radius 2 is 1.43 bits per heavy atom. The highest BCUT2D eigenvalue weighted by atomic mass is 31.2. The Hall–Kier alpha value is -2.41. The highest BCUT2D eigenvalue weighted by Gasteiger charge is 2.48. The van der Waals surface area contributed by atoms with Crippen molar-refractivity contribution >= 4 is 13.5 Å². The number of hydrogen-bond donors (Lipinski definition) is 1. The first-order valence-corrected chi connectivity index (χ1v) is 14.5. The molecule has 0 aromatic heterocycles. The van der Waals surface area contributed by atoms with Crippen LogP contribution in [-0.4, -0.2) is 38.0 Å². The molecular weight excluding hydrogens is 502 g/mol. The number of nitrogens with one attached hydrogen (secondary N) is 1. The van der Waals surface area contributed by atoms with E-state index in [0.717, 1.165) is 36.8 Å². The van der Waals surface area contributed by atoms with Crippen molar-refractivity contribution in [1.82, 2.24) is 5.32 Å². The molecule has 9 heteroatoms. The quantitative estimate of drug-likeness (QED) is 0.155. The Morgan fingerprint density at radius 1 is 0.919 bits per heavy atom. The van der Waals surface area contributed by atoms with E-state index in [1.807, 2.05) is 38.1 Å². The SMILES string of the molecule is CCCCOP(=O)(CC=CCC1(C(=O)NCC(F)(F)F)c2ccccc2-c2ccccc21)OCCCC. The maximum atomic E-state index is 13.5. The van der Waals surface area contributed by atoms with Crippen molar-refractivity contribution < 1.29 is 31.6 Å². The smallest absolute Gasteiger partial charge is 0.346 e. The Morgan fingerprint density at radius 3 is 1.92 bits per heavy atom. The van der Waals surface area contributed by atoms with E-state index in [0.29, 0.717) is 24.3 Å². The second-order valence-electron chi connectivity index (χ2n) is 9.14. The second-order valence-corrected chi connectivity index (χ2v) is 11.2. The molecule has 0 bridgehead atoms. The summed E-state index contributed by atoms with van der Waals surface area (Å²) in [5.74, 6) is -0.728. The second kappa shape index (κ2) is 12.9. The van der Waals surface area contributed by atoms with Crippen molar-refractivity contribution in [2.75, 3.05) is 25.9 Å². The Bertz CT molecular complexity index is 1070. The van der Waals surface area contributed by atoms with Crippen molar-refractivity contribution in [2.24, 2.45) is 0 Å². The summed E-state index contributed by atoms with van der Waals surface area (Å²) in [5, 5.41) is 2.11. The summed E-state index contributed by atoms with van der Waals surface area (Å²) < 4.78 is 63.6. The van der Waals surface area contributed by atoms with E-state index in [2.05, 4.69) is 5.32 Å². The summed E-state index contributed by atoms with van der Waals surface area (Å²) in [6.07, 6.45) is 2.20. The number of amides is 1. The molecule has 1 aliphatic carbocycles. The number of alkyl halides is 3. The molecule has 1 N–H and O–H groups in total. The van der Waals surface area contributed by atoms with Crippen LogP contribution in [-0.2, 0) is 23.8 Å². The molecule has 0 radical (unpaired) electrons. The molecule has 0 heterocycles. The van der Waals surface area contributed by atoms with Crippen LogP contribution in [0.2, 0.25) is 0 Å². The van der Waals surface area contributed by atoms with Gasteiger partial charge in [0.1, 0.15) is 12.0 Å². The van der Waals surface area contributed by atoms with Gasteiger partial charge < -0.3 is 14.4 Å². The monoisotopic (exact) mass is 537 g/mol. The molecule has 0 aliphatic heterocycles. The number of hydrogen-bond acceptors (Lipinski definition) is 4. The van der Waals surface area contributed by atoms with Gasteiger partial charge in [-0.2, -0.15) is 13.2 Å². The molecule has 37 heavy (non-hydrogen) atoms. The van der Waals surface area contributed by atoms with Crippen LogP contribution in [0.1, 0.15) is 57.1 Å². The zero-order chi connectivity index (χ0) is 26.9. The lowest BCUT2D eigenvalue weighted by atomic mass is 9.74. The van der Waals surface area contributed by atoms with Gasteiger partial charge in [0, 0.05) is 0 Å². The van der Waals surface area contributed by atoms with Gasteiger partial charge >= 0.3 is 13.8 Å². The van der Waals surface area contributed by atoms with Crippen LogP contribution in [0, 0.1) is 0 Å². The number of fused-ring (bicyclic) bond motifs is 3. The number of carbonyl (C=O) groups is 1. The lowest BCUT2D eigenvalue weighted by Crippen LogP contribution is -2.46. The number of carbonyl (C=O) groups excluding carboxylic acids is 1. The zero-order valence-electron chi connectivity index (χ0n) is 21.4.